The van der Waals surface area contributed by atoms with E-state index in [1.807, 2.05) is 0 Å². The molecule has 21 heavy (non-hydrogen) atoms. The van der Waals surface area contributed by atoms with E-state index in [-0.39, 0.29) is 12.1 Å². The molecule has 2 saturated heterocycles. The summed E-state index contributed by atoms with van der Waals surface area (Å²) >= 11 is 0. The molecule has 0 aromatic heterocycles. The molecule has 1 aromatic carbocycles. The molecule has 0 N–H and O–H groups in total. The van der Waals surface area contributed by atoms with Gasteiger partial charge in [-0.3, -0.25) is 9.69 Å². The van der Waals surface area contributed by atoms with E-state index in [1.165, 1.54) is 16.8 Å². The van der Waals surface area contributed by atoms with Crippen LogP contribution in [0.2, 0.25) is 0 Å². The minimum absolute atomic E-state index is 0.0335. The summed E-state index contributed by atoms with van der Waals surface area (Å²) in [5, 5.41) is 0. The monoisotopic (exact) mass is 288 g/mol. The van der Waals surface area contributed by atoms with E-state index < -0.39 is 0 Å². The van der Waals surface area contributed by atoms with Crippen molar-refractivity contribution < 1.29 is 9.53 Å². The lowest BCUT2D eigenvalue weighted by Crippen LogP contribution is -2.48. The van der Waals surface area contributed by atoms with Crippen molar-refractivity contribution in [2.24, 2.45) is 0 Å². The van der Waals surface area contributed by atoms with Crippen LogP contribution in [0, 0.1) is 13.8 Å². The van der Waals surface area contributed by atoms with E-state index in [9.17, 15) is 4.79 Å². The molecule has 0 bridgehead atoms. The van der Waals surface area contributed by atoms with E-state index >= 15 is 0 Å². The highest BCUT2D eigenvalue weighted by Crippen LogP contribution is 2.21. The van der Waals surface area contributed by atoms with Gasteiger partial charge in [-0.1, -0.05) is 6.07 Å². The standard InChI is InChI=1S/C17H24N2O2/c1-13-9-14(2)11-15(10-13)19-7-5-18(6-8-19)12-16-3-4-17(20)21-16/h9-11,16H,3-8,12H2,1-2H3. The van der Waals surface area contributed by atoms with Gasteiger partial charge in [-0.2, -0.15) is 0 Å². The first kappa shape index (κ1) is 14.4. The number of rotatable bonds is 3. The predicted molar refractivity (Wildman–Crippen MR) is 83.7 cm³/mol. The van der Waals surface area contributed by atoms with Gasteiger partial charge in [0.1, 0.15) is 6.10 Å². The molecule has 4 nitrogen and oxygen atoms in total. The van der Waals surface area contributed by atoms with Crippen LogP contribution in [0.15, 0.2) is 18.2 Å². The van der Waals surface area contributed by atoms with Crippen molar-refractivity contribution in [1.82, 2.24) is 4.90 Å². The SMILES string of the molecule is Cc1cc(C)cc(N2CCN(CC3CCC(=O)O3)CC2)c1. The molecule has 2 aliphatic rings. The number of carbonyl (C=O) groups excluding carboxylic acids is 1. The number of hydrogen-bond acceptors (Lipinski definition) is 4. The molecular weight excluding hydrogens is 264 g/mol. The average Bonchev–Trinajstić information content (AvgIpc) is 2.84. The Morgan fingerprint density at radius 3 is 2.33 bits per heavy atom. The summed E-state index contributed by atoms with van der Waals surface area (Å²) in [5.74, 6) is -0.0335. The van der Waals surface area contributed by atoms with Crippen LogP contribution in [-0.2, 0) is 9.53 Å². The molecule has 2 heterocycles. The van der Waals surface area contributed by atoms with Crippen LogP contribution in [0.5, 0.6) is 0 Å². The summed E-state index contributed by atoms with van der Waals surface area (Å²) in [4.78, 5) is 16.0. The molecule has 0 radical (unpaired) electrons. The molecule has 0 aliphatic carbocycles. The van der Waals surface area contributed by atoms with Gasteiger partial charge in [0.15, 0.2) is 0 Å². The molecule has 2 fully saturated rings. The second-order valence-corrected chi connectivity index (χ2v) is 6.28. The Balaban J connectivity index is 1.54. The van der Waals surface area contributed by atoms with Gasteiger partial charge in [-0.15, -0.1) is 0 Å². The van der Waals surface area contributed by atoms with E-state index in [2.05, 4.69) is 41.8 Å². The molecule has 2 aliphatic heterocycles. The van der Waals surface area contributed by atoms with Crippen molar-refractivity contribution in [3.8, 4) is 0 Å². The number of piperazine rings is 1. The van der Waals surface area contributed by atoms with Crippen LogP contribution < -0.4 is 4.90 Å². The summed E-state index contributed by atoms with van der Waals surface area (Å²) in [5.41, 5.74) is 3.98. The zero-order valence-electron chi connectivity index (χ0n) is 13.0. The van der Waals surface area contributed by atoms with Gasteiger partial charge in [-0.05, 0) is 43.5 Å². The quantitative estimate of drug-likeness (QED) is 0.798. The molecule has 114 valence electrons. The molecule has 1 unspecified atom stereocenters. The molecule has 1 atom stereocenters. The summed E-state index contributed by atoms with van der Waals surface area (Å²) in [6, 6.07) is 6.75. The Bertz CT molecular complexity index is 501. The number of carbonyl (C=O) groups is 1. The summed E-state index contributed by atoms with van der Waals surface area (Å²) in [7, 11) is 0. The topological polar surface area (TPSA) is 32.8 Å². The second-order valence-electron chi connectivity index (χ2n) is 6.28. The van der Waals surface area contributed by atoms with Crippen LogP contribution in [0.4, 0.5) is 5.69 Å². The van der Waals surface area contributed by atoms with Crippen LogP contribution >= 0.6 is 0 Å². The van der Waals surface area contributed by atoms with Crippen LogP contribution in [0.1, 0.15) is 24.0 Å². The Kier molecular flexibility index (Phi) is 4.15. The zero-order valence-corrected chi connectivity index (χ0v) is 13.0. The predicted octanol–water partition coefficient (Wildman–Crippen LogP) is 2.13. The first-order chi connectivity index (χ1) is 10.1. The minimum atomic E-state index is -0.0335. The van der Waals surface area contributed by atoms with Gasteiger partial charge in [0, 0.05) is 44.8 Å². The minimum Gasteiger partial charge on any atom is -0.461 e. The first-order valence-corrected chi connectivity index (χ1v) is 7.85. The third-order valence-corrected chi connectivity index (χ3v) is 4.37. The third kappa shape index (κ3) is 3.56. The molecule has 0 amide bonds. The fourth-order valence-electron chi connectivity index (χ4n) is 3.32. The highest BCUT2D eigenvalue weighted by molar-refractivity contribution is 5.71. The lowest BCUT2D eigenvalue weighted by atomic mass is 10.1. The normalized spacial score (nSPS) is 23.4. The maximum absolute atomic E-state index is 11.1. The van der Waals surface area contributed by atoms with Gasteiger partial charge in [0.25, 0.3) is 0 Å². The van der Waals surface area contributed by atoms with E-state index in [4.69, 9.17) is 4.74 Å². The van der Waals surface area contributed by atoms with Crippen molar-refractivity contribution in [3.05, 3.63) is 29.3 Å². The molecule has 4 heteroatoms. The number of anilines is 1. The van der Waals surface area contributed by atoms with Crippen molar-refractivity contribution in [3.63, 3.8) is 0 Å². The largest absolute Gasteiger partial charge is 0.461 e. The number of aryl methyl sites for hydroxylation is 2. The Morgan fingerprint density at radius 2 is 1.76 bits per heavy atom. The number of hydrogen-bond donors (Lipinski definition) is 0. The van der Waals surface area contributed by atoms with Crippen molar-refractivity contribution in [2.75, 3.05) is 37.6 Å². The summed E-state index contributed by atoms with van der Waals surface area (Å²) in [6.45, 7) is 9.38. The summed E-state index contributed by atoms with van der Waals surface area (Å²) in [6.07, 6.45) is 1.59. The van der Waals surface area contributed by atoms with Crippen molar-refractivity contribution in [2.45, 2.75) is 32.8 Å². The third-order valence-electron chi connectivity index (χ3n) is 4.37. The van der Waals surface area contributed by atoms with Gasteiger partial charge in [0.05, 0.1) is 0 Å². The van der Waals surface area contributed by atoms with Crippen LogP contribution in [-0.4, -0.2) is 49.7 Å². The smallest absolute Gasteiger partial charge is 0.306 e. The second kappa shape index (κ2) is 6.06. The Labute approximate surface area is 126 Å². The van der Waals surface area contributed by atoms with Gasteiger partial charge in [-0.25, -0.2) is 0 Å². The molecule has 3 rings (SSSR count). The van der Waals surface area contributed by atoms with Gasteiger partial charge >= 0.3 is 5.97 Å². The van der Waals surface area contributed by atoms with Gasteiger partial charge < -0.3 is 9.64 Å². The Morgan fingerprint density at radius 1 is 1.10 bits per heavy atom. The van der Waals surface area contributed by atoms with Gasteiger partial charge in [0.2, 0.25) is 0 Å². The fraction of sp³-hybridized carbons (Fsp3) is 0.588. The van der Waals surface area contributed by atoms with Crippen molar-refractivity contribution >= 4 is 11.7 Å². The van der Waals surface area contributed by atoms with Crippen molar-refractivity contribution in [1.29, 1.82) is 0 Å². The number of benzene rings is 1. The molecule has 1 aromatic rings. The van der Waals surface area contributed by atoms with E-state index in [0.717, 1.165) is 39.1 Å². The lowest BCUT2D eigenvalue weighted by molar-refractivity contribution is -0.142. The first-order valence-electron chi connectivity index (χ1n) is 7.85. The van der Waals surface area contributed by atoms with Crippen LogP contribution in [0.3, 0.4) is 0 Å². The zero-order chi connectivity index (χ0) is 14.8. The number of ether oxygens (including phenoxy) is 1. The maximum atomic E-state index is 11.1. The summed E-state index contributed by atoms with van der Waals surface area (Å²) < 4.78 is 5.31. The number of cyclic esters (lactones) is 1. The van der Waals surface area contributed by atoms with Crippen LogP contribution in [0.25, 0.3) is 0 Å². The molecular formula is C17H24N2O2. The lowest BCUT2D eigenvalue weighted by Gasteiger charge is -2.37. The highest BCUT2D eigenvalue weighted by Gasteiger charge is 2.27. The Hall–Kier alpha value is -1.55. The van der Waals surface area contributed by atoms with E-state index in [1.54, 1.807) is 0 Å². The van der Waals surface area contributed by atoms with E-state index in [0.29, 0.717) is 6.42 Å². The number of esters is 1. The fourth-order valence-corrected chi connectivity index (χ4v) is 3.32. The highest BCUT2D eigenvalue weighted by atomic mass is 16.5. The number of nitrogens with zero attached hydrogens (tertiary/aromatic N) is 2. The molecule has 0 saturated carbocycles. The maximum Gasteiger partial charge on any atom is 0.306 e. The molecule has 0 spiro atoms. The average molecular weight is 288 g/mol.